The zero-order valence-electron chi connectivity index (χ0n) is 11.6. The van der Waals surface area contributed by atoms with E-state index in [9.17, 15) is 4.79 Å². The molecular formula is C14H14N2O5. The summed E-state index contributed by atoms with van der Waals surface area (Å²) < 4.78 is 17.9. The zero-order valence-corrected chi connectivity index (χ0v) is 11.6. The lowest BCUT2D eigenvalue weighted by Crippen LogP contribution is -2.15. The second kappa shape index (κ2) is 5.01. The van der Waals surface area contributed by atoms with Crippen molar-refractivity contribution >= 4 is 5.97 Å². The molecule has 0 atom stereocenters. The zero-order chi connectivity index (χ0) is 15.0. The molecule has 1 aromatic heterocycles. The van der Waals surface area contributed by atoms with Crippen molar-refractivity contribution in [2.45, 2.75) is 0 Å². The molecule has 0 radical (unpaired) electrons. The van der Waals surface area contributed by atoms with Gasteiger partial charge in [0.25, 0.3) is 0 Å². The number of aryl methyl sites for hydroxylation is 1. The molecular weight excluding hydrogens is 276 g/mol. The first-order valence-corrected chi connectivity index (χ1v) is 6.35. The number of aromatic carboxylic acids is 1. The van der Waals surface area contributed by atoms with Crippen molar-refractivity contribution in [3.05, 3.63) is 23.9 Å². The van der Waals surface area contributed by atoms with E-state index in [1.54, 1.807) is 26.3 Å². The lowest BCUT2D eigenvalue weighted by atomic mass is 10.1. The minimum atomic E-state index is -1.08. The fourth-order valence-corrected chi connectivity index (χ4v) is 2.26. The molecule has 0 aliphatic carbocycles. The highest BCUT2D eigenvalue weighted by atomic mass is 16.6. The van der Waals surface area contributed by atoms with Crippen LogP contribution in [0.4, 0.5) is 0 Å². The number of fused-ring (bicyclic) bond motifs is 1. The van der Waals surface area contributed by atoms with E-state index in [1.165, 1.54) is 10.7 Å². The molecule has 0 saturated heterocycles. The average molecular weight is 290 g/mol. The number of nitrogens with zero attached hydrogens (tertiary/aromatic N) is 2. The van der Waals surface area contributed by atoms with Crippen LogP contribution in [-0.2, 0) is 7.05 Å². The Morgan fingerprint density at radius 2 is 1.95 bits per heavy atom. The number of methoxy groups -OCH3 is 1. The summed E-state index contributed by atoms with van der Waals surface area (Å²) in [6.45, 7) is 0.967. The van der Waals surface area contributed by atoms with E-state index in [1.807, 2.05) is 0 Å². The molecule has 7 nitrogen and oxygen atoms in total. The second-order valence-electron chi connectivity index (χ2n) is 4.54. The number of carboxylic acid groups (broad SMARTS) is 1. The first kappa shape index (κ1) is 13.3. The van der Waals surface area contributed by atoms with Gasteiger partial charge in [-0.05, 0) is 12.1 Å². The lowest BCUT2D eigenvalue weighted by molar-refractivity contribution is 0.0689. The molecule has 0 amide bonds. The predicted octanol–water partition coefficient (Wildman–Crippen LogP) is 1.57. The minimum absolute atomic E-state index is 0.0237. The van der Waals surface area contributed by atoms with Gasteiger partial charge >= 0.3 is 5.97 Å². The van der Waals surface area contributed by atoms with Crippen LogP contribution in [0.25, 0.3) is 11.3 Å². The number of benzene rings is 1. The van der Waals surface area contributed by atoms with Crippen LogP contribution in [-0.4, -0.2) is 41.2 Å². The fourth-order valence-electron chi connectivity index (χ4n) is 2.26. The molecule has 1 aliphatic heterocycles. The van der Waals surface area contributed by atoms with Gasteiger partial charge < -0.3 is 19.3 Å². The van der Waals surface area contributed by atoms with Crippen LogP contribution in [0.1, 0.15) is 10.5 Å². The Labute approximate surface area is 120 Å². The maximum Gasteiger partial charge on any atom is 0.356 e. The average Bonchev–Trinajstić information content (AvgIpc) is 2.88. The predicted molar refractivity (Wildman–Crippen MR) is 73.1 cm³/mol. The number of hydrogen-bond acceptors (Lipinski definition) is 5. The summed E-state index contributed by atoms with van der Waals surface area (Å²) in [5.41, 5.74) is 1.30. The van der Waals surface area contributed by atoms with Crippen molar-refractivity contribution in [1.29, 1.82) is 0 Å². The molecule has 7 heteroatoms. The van der Waals surface area contributed by atoms with Gasteiger partial charge in [0.1, 0.15) is 19.0 Å². The molecule has 0 saturated carbocycles. The summed E-state index contributed by atoms with van der Waals surface area (Å²) in [4.78, 5) is 11.0. The van der Waals surface area contributed by atoms with E-state index in [2.05, 4.69) is 5.10 Å². The molecule has 2 heterocycles. The number of aromatic nitrogens is 2. The van der Waals surface area contributed by atoms with Crippen molar-refractivity contribution in [3.8, 4) is 28.5 Å². The summed E-state index contributed by atoms with van der Waals surface area (Å²) in [6.07, 6.45) is 0. The smallest absolute Gasteiger partial charge is 0.356 e. The van der Waals surface area contributed by atoms with E-state index < -0.39 is 5.97 Å². The number of carbonyl (C=O) groups is 1. The third kappa shape index (κ3) is 2.26. The van der Waals surface area contributed by atoms with Crippen LogP contribution >= 0.6 is 0 Å². The third-order valence-electron chi connectivity index (χ3n) is 3.24. The Morgan fingerprint density at radius 3 is 2.52 bits per heavy atom. The molecule has 0 fully saturated rings. The van der Waals surface area contributed by atoms with Gasteiger partial charge in [-0.2, -0.15) is 5.10 Å². The molecule has 0 spiro atoms. The largest absolute Gasteiger partial charge is 0.496 e. The van der Waals surface area contributed by atoms with E-state index in [0.717, 1.165) is 0 Å². The first-order valence-electron chi connectivity index (χ1n) is 6.35. The molecule has 1 N–H and O–H groups in total. The third-order valence-corrected chi connectivity index (χ3v) is 3.24. The summed E-state index contributed by atoms with van der Waals surface area (Å²) in [5.74, 6) is 0.713. The van der Waals surface area contributed by atoms with Crippen LogP contribution in [0.15, 0.2) is 18.2 Å². The van der Waals surface area contributed by atoms with Crippen LogP contribution in [0.3, 0.4) is 0 Å². The van der Waals surface area contributed by atoms with Gasteiger partial charge in [-0.25, -0.2) is 4.79 Å². The molecule has 110 valence electrons. The Hall–Kier alpha value is -2.70. The second-order valence-corrected chi connectivity index (χ2v) is 4.54. The SMILES string of the molecule is COc1cc2c(cc1-c1cc(C(=O)O)nn1C)OCCO2. The number of rotatable bonds is 3. The quantitative estimate of drug-likeness (QED) is 0.923. The number of carboxylic acids is 1. The van der Waals surface area contributed by atoms with Crippen molar-refractivity contribution in [2.24, 2.45) is 7.05 Å². The summed E-state index contributed by atoms with van der Waals surface area (Å²) in [5, 5.41) is 13.0. The highest BCUT2D eigenvalue weighted by Gasteiger charge is 2.21. The maximum absolute atomic E-state index is 11.0. The molecule has 2 aromatic rings. The first-order chi connectivity index (χ1) is 10.1. The van der Waals surface area contributed by atoms with Gasteiger partial charge in [-0.15, -0.1) is 0 Å². The van der Waals surface area contributed by atoms with E-state index in [0.29, 0.717) is 41.7 Å². The van der Waals surface area contributed by atoms with Crippen molar-refractivity contribution in [1.82, 2.24) is 9.78 Å². The van der Waals surface area contributed by atoms with E-state index in [4.69, 9.17) is 19.3 Å². The van der Waals surface area contributed by atoms with Crippen LogP contribution in [0, 0.1) is 0 Å². The van der Waals surface area contributed by atoms with Crippen molar-refractivity contribution < 1.29 is 24.1 Å². The maximum atomic E-state index is 11.0. The van der Waals surface area contributed by atoms with Crippen LogP contribution in [0.5, 0.6) is 17.2 Å². The topological polar surface area (TPSA) is 82.8 Å². The Bertz CT molecular complexity index is 708. The molecule has 1 aromatic carbocycles. The van der Waals surface area contributed by atoms with E-state index >= 15 is 0 Å². The van der Waals surface area contributed by atoms with Gasteiger partial charge in [-0.1, -0.05) is 0 Å². The molecule has 0 unspecified atom stereocenters. The summed E-state index contributed by atoms with van der Waals surface area (Å²) >= 11 is 0. The van der Waals surface area contributed by atoms with Crippen molar-refractivity contribution in [3.63, 3.8) is 0 Å². The van der Waals surface area contributed by atoms with Gasteiger partial charge in [0.2, 0.25) is 0 Å². The van der Waals surface area contributed by atoms with Gasteiger partial charge in [0.05, 0.1) is 12.8 Å². The molecule has 3 rings (SSSR count). The highest BCUT2D eigenvalue weighted by molar-refractivity contribution is 5.87. The van der Waals surface area contributed by atoms with Gasteiger partial charge in [0, 0.05) is 18.7 Å². The fraction of sp³-hybridized carbons (Fsp3) is 0.286. The Balaban J connectivity index is 2.15. The molecule has 21 heavy (non-hydrogen) atoms. The van der Waals surface area contributed by atoms with Gasteiger partial charge in [-0.3, -0.25) is 4.68 Å². The van der Waals surface area contributed by atoms with Crippen LogP contribution in [0.2, 0.25) is 0 Å². The monoisotopic (exact) mass is 290 g/mol. The highest BCUT2D eigenvalue weighted by Crippen LogP contribution is 2.41. The normalized spacial score (nSPS) is 13.0. The Morgan fingerprint density at radius 1 is 1.29 bits per heavy atom. The number of ether oxygens (including phenoxy) is 3. The lowest BCUT2D eigenvalue weighted by Gasteiger charge is -2.20. The van der Waals surface area contributed by atoms with E-state index in [-0.39, 0.29) is 5.69 Å². The molecule has 1 aliphatic rings. The minimum Gasteiger partial charge on any atom is -0.496 e. The van der Waals surface area contributed by atoms with Crippen LogP contribution < -0.4 is 14.2 Å². The summed E-state index contributed by atoms with van der Waals surface area (Å²) in [6, 6.07) is 5.00. The summed E-state index contributed by atoms with van der Waals surface area (Å²) in [7, 11) is 3.22. The Kier molecular flexibility index (Phi) is 3.17. The standard InChI is InChI=1S/C14H14N2O5/c1-16-10(6-9(15-16)14(17)18)8-5-12-13(7-11(8)19-2)21-4-3-20-12/h5-7H,3-4H2,1-2H3,(H,17,18). The van der Waals surface area contributed by atoms with Crippen molar-refractivity contribution in [2.75, 3.05) is 20.3 Å². The van der Waals surface area contributed by atoms with Gasteiger partial charge in [0.15, 0.2) is 17.2 Å². The molecule has 0 bridgehead atoms. The number of hydrogen-bond donors (Lipinski definition) is 1.